The van der Waals surface area contributed by atoms with E-state index in [2.05, 4.69) is 19.2 Å². The van der Waals surface area contributed by atoms with Crippen LogP contribution in [-0.2, 0) is 14.3 Å². The van der Waals surface area contributed by atoms with E-state index in [9.17, 15) is 14.4 Å². The van der Waals surface area contributed by atoms with E-state index < -0.39 is 23.2 Å². The second-order valence-corrected chi connectivity index (χ2v) is 12.4. The Kier molecular flexibility index (Phi) is 8.47. The van der Waals surface area contributed by atoms with Crippen molar-refractivity contribution in [2.45, 2.75) is 111 Å². The van der Waals surface area contributed by atoms with Gasteiger partial charge in [0.15, 0.2) is 0 Å². The molecule has 2 N–H and O–H groups in total. The quantitative estimate of drug-likeness (QED) is 0.646. The summed E-state index contributed by atoms with van der Waals surface area (Å²) < 4.78 is 5.59. The molecule has 8 heteroatoms. The molecule has 1 aliphatic heterocycles. The minimum atomic E-state index is -0.744. The van der Waals surface area contributed by atoms with Crippen LogP contribution in [0.5, 0.6) is 0 Å². The number of nitrogens with zero attached hydrogens (tertiary/aromatic N) is 2. The van der Waals surface area contributed by atoms with Crippen LogP contribution in [0.4, 0.5) is 4.79 Å². The molecule has 2 unspecified atom stereocenters. The van der Waals surface area contributed by atoms with Gasteiger partial charge in [0.1, 0.15) is 11.6 Å². The summed E-state index contributed by atoms with van der Waals surface area (Å²) >= 11 is 0. The maximum absolute atomic E-state index is 13.6. The fourth-order valence-electron chi connectivity index (χ4n) is 4.76. The van der Waals surface area contributed by atoms with E-state index in [0.29, 0.717) is 6.42 Å². The number of carbonyl (C=O) groups excluding carboxylic acids is 3. The Morgan fingerprint density at radius 2 is 1.64 bits per heavy atom. The number of hydrogen-bond acceptors (Lipinski definition) is 5. The Bertz CT molecular complexity index is 713. The van der Waals surface area contributed by atoms with Crippen molar-refractivity contribution >= 4 is 17.9 Å². The summed E-state index contributed by atoms with van der Waals surface area (Å²) in [6.45, 7) is 15.8. The number of amides is 3. The maximum Gasteiger partial charge on any atom is 0.411 e. The first-order chi connectivity index (χ1) is 15.1. The highest BCUT2D eigenvalue weighted by molar-refractivity contribution is 5.87. The molecule has 0 aromatic carbocycles. The van der Waals surface area contributed by atoms with Crippen molar-refractivity contribution in [3.05, 3.63) is 0 Å². The Hall–Kier alpha value is -1.83. The Morgan fingerprint density at radius 3 is 2.12 bits per heavy atom. The first-order valence-electron chi connectivity index (χ1n) is 12.3. The predicted octanol–water partition coefficient (Wildman–Crippen LogP) is 3.32. The Balaban J connectivity index is 2.34. The monoisotopic (exact) mass is 467 g/mol. The molecule has 3 amide bonds. The summed E-state index contributed by atoms with van der Waals surface area (Å²) in [5.74, 6) is -0.275. The van der Waals surface area contributed by atoms with Crippen molar-refractivity contribution in [3.8, 4) is 0 Å². The van der Waals surface area contributed by atoms with Crippen LogP contribution in [0.2, 0.25) is 0 Å². The summed E-state index contributed by atoms with van der Waals surface area (Å²) in [5, 5.41) is 11.8. The molecule has 2 atom stereocenters. The predicted molar refractivity (Wildman–Crippen MR) is 128 cm³/mol. The molecule has 190 valence electrons. The number of aliphatic hydroxyl groups excluding tert-OH is 1. The van der Waals surface area contributed by atoms with Crippen molar-refractivity contribution < 1.29 is 24.2 Å². The topological polar surface area (TPSA) is 99.2 Å². The third-order valence-corrected chi connectivity index (χ3v) is 6.59. The molecular weight excluding hydrogens is 422 g/mol. The average molecular weight is 468 g/mol. The second kappa shape index (κ2) is 10.2. The van der Waals surface area contributed by atoms with Gasteiger partial charge in [0.25, 0.3) is 0 Å². The molecule has 0 aromatic heterocycles. The van der Waals surface area contributed by atoms with Crippen LogP contribution >= 0.6 is 0 Å². The van der Waals surface area contributed by atoms with Crippen LogP contribution in [-0.4, -0.2) is 76.2 Å². The lowest BCUT2D eigenvalue weighted by Gasteiger charge is -2.45. The molecule has 0 radical (unpaired) electrons. The highest BCUT2D eigenvalue weighted by Gasteiger charge is 2.48. The normalized spacial score (nSPS) is 23.8. The van der Waals surface area contributed by atoms with Crippen LogP contribution in [0.15, 0.2) is 0 Å². The third-order valence-electron chi connectivity index (χ3n) is 6.59. The highest BCUT2D eigenvalue weighted by atomic mass is 16.6. The van der Waals surface area contributed by atoms with Gasteiger partial charge >= 0.3 is 6.09 Å². The second-order valence-electron chi connectivity index (χ2n) is 12.4. The van der Waals surface area contributed by atoms with Gasteiger partial charge in [-0.25, -0.2) is 4.79 Å². The van der Waals surface area contributed by atoms with Crippen LogP contribution in [0.25, 0.3) is 0 Å². The number of ether oxygens (including phenoxy) is 1. The lowest BCUT2D eigenvalue weighted by molar-refractivity contribution is -0.146. The van der Waals surface area contributed by atoms with E-state index in [-0.39, 0.29) is 49.0 Å². The standard InChI is InChI=1S/C25H45N3O5/c1-23(2,3)21(31)28(17-9-11-25(7,8)12-10-17)18-15-19(20(30)26-13-14-29)27(16-18)22(32)33-24(4,5)6/h17-19,29H,9-16H2,1-8H3,(H,26,30). The molecule has 0 aromatic rings. The minimum Gasteiger partial charge on any atom is -0.444 e. The number of rotatable bonds is 5. The highest BCUT2D eigenvalue weighted by Crippen LogP contribution is 2.40. The van der Waals surface area contributed by atoms with E-state index in [4.69, 9.17) is 9.84 Å². The zero-order chi connectivity index (χ0) is 25.2. The molecule has 1 heterocycles. The number of hydrogen-bond donors (Lipinski definition) is 2. The molecule has 8 nitrogen and oxygen atoms in total. The van der Waals surface area contributed by atoms with Crippen molar-refractivity contribution in [1.82, 2.24) is 15.1 Å². The molecule has 2 rings (SSSR count). The van der Waals surface area contributed by atoms with Gasteiger partial charge < -0.3 is 20.1 Å². The van der Waals surface area contributed by atoms with Crippen LogP contribution < -0.4 is 5.32 Å². The fraction of sp³-hybridized carbons (Fsp3) is 0.880. The summed E-state index contributed by atoms with van der Waals surface area (Å²) in [7, 11) is 0. The van der Waals surface area contributed by atoms with Crippen LogP contribution in [0, 0.1) is 10.8 Å². The molecule has 0 spiro atoms. The minimum absolute atomic E-state index is 0.0535. The largest absolute Gasteiger partial charge is 0.444 e. The lowest BCUT2D eigenvalue weighted by Crippen LogP contribution is -2.54. The van der Waals surface area contributed by atoms with Gasteiger partial charge in [0.05, 0.1) is 12.6 Å². The molecule has 1 aliphatic carbocycles. The van der Waals surface area contributed by atoms with Gasteiger partial charge in [-0.2, -0.15) is 0 Å². The Morgan fingerprint density at radius 1 is 1.06 bits per heavy atom. The van der Waals surface area contributed by atoms with Crippen LogP contribution in [0.3, 0.4) is 0 Å². The SMILES string of the molecule is CC1(C)CCC(N(C(=O)C(C)(C)C)C2CC(C(=O)NCCO)N(C(=O)OC(C)(C)C)C2)CC1. The third kappa shape index (κ3) is 7.33. The first-order valence-corrected chi connectivity index (χ1v) is 12.3. The molecule has 1 saturated heterocycles. The summed E-state index contributed by atoms with van der Waals surface area (Å²) in [4.78, 5) is 43.0. The fourth-order valence-corrected chi connectivity index (χ4v) is 4.76. The average Bonchev–Trinajstić information content (AvgIpc) is 3.10. The summed E-state index contributed by atoms with van der Waals surface area (Å²) in [6, 6.07) is -0.915. The zero-order valence-electron chi connectivity index (χ0n) is 21.9. The summed E-state index contributed by atoms with van der Waals surface area (Å²) in [6.07, 6.45) is 3.71. The van der Waals surface area contributed by atoms with Gasteiger partial charge in [-0.3, -0.25) is 14.5 Å². The van der Waals surface area contributed by atoms with Crippen molar-refractivity contribution in [2.24, 2.45) is 10.8 Å². The van der Waals surface area contributed by atoms with Gasteiger partial charge in [0.2, 0.25) is 11.8 Å². The number of nitrogens with one attached hydrogen (secondary N) is 1. The number of carbonyl (C=O) groups is 3. The molecule has 2 aliphatic rings. The van der Waals surface area contributed by atoms with E-state index in [1.807, 2.05) is 25.7 Å². The number of likely N-dealkylation sites (tertiary alicyclic amines) is 1. The Labute approximate surface area is 199 Å². The van der Waals surface area contributed by atoms with E-state index in [1.165, 1.54) is 4.90 Å². The number of aliphatic hydroxyl groups is 1. The van der Waals surface area contributed by atoms with Gasteiger partial charge in [-0.15, -0.1) is 0 Å². The van der Waals surface area contributed by atoms with Gasteiger partial charge in [-0.05, 0) is 58.3 Å². The van der Waals surface area contributed by atoms with Crippen molar-refractivity contribution in [1.29, 1.82) is 0 Å². The van der Waals surface area contributed by atoms with E-state index in [0.717, 1.165) is 25.7 Å². The lowest BCUT2D eigenvalue weighted by atomic mass is 9.74. The molecule has 2 fully saturated rings. The first kappa shape index (κ1) is 27.4. The molecule has 1 saturated carbocycles. The van der Waals surface area contributed by atoms with Crippen molar-refractivity contribution in [3.63, 3.8) is 0 Å². The van der Waals surface area contributed by atoms with E-state index in [1.54, 1.807) is 20.8 Å². The smallest absolute Gasteiger partial charge is 0.411 e. The van der Waals surface area contributed by atoms with Gasteiger partial charge in [-0.1, -0.05) is 34.6 Å². The maximum atomic E-state index is 13.6. The van der Waals surface area contributed by atoms with Crippen molar-refractivity contribution in [2.75, 3.05) is 19.7 Å². The summed E-state index contributed by atoms with van der Waals surface area (Å²) in [5.41, 5.74) is -1.00. The van der Waals surface area contributed by atoms with Crippen LogP contribution in [0.1, 0.15) is 87.5 Å². The molecular formula is C25H45N3O5. The van der Waals surface area contributed by atoms with E-state index >= 15 is 0 Å². The molecule has 33 heavy (non-hydrogen) atoms. The van der Waals surface area contributed by atoms with Gasteiger partial charge in [0, 0.05) is 24.5 Å². The zero-order valence-corrected chi connectivity index (χ0v) is 21.9. The molecule has 0 bridgehead atoms.